The van der Waals surface area contributed by atoms with Gasteiger partial charge in [0.05, 0.1) is 5.56 Å². The second-order valence-electron chi connectivity index (χ2n) is 4.09. The maximum Gasteiger partial charge on any atom is 0.416 e. The minimum absolute atomic E-state index is 0.141. The highest BCUT2D eigenvalue weighted by atomic mass is 19.4. The third-order valence-corrected chi connectivity index (χ3v) is 2.61. The molecule has 0 saturated heterocycles. The molecule has 2 nitrogen and oxygen atoms in total. The topological polar surface area (TPSA) is 29.5 Å². The van der Waals surface area contributed by atoms with Crippen LogP contribution in [-0.4, -0.2) is 5.11 Å². The van der Waals surface area contributed by atoms with Crippen LogP contribution >= 0.6 is 0 Å². The monoisotopic (exact) mass is 286 g/mol. The van der Waals surface area contributed by atoms with E-state index in [9.17, 15) is 17.6 Å². The van der Waals surface area contributed by atoms with Crippen LogP contribution < -0.4 is 4.74 Å². The van der Waals surface area contributed by atoms with Gasteiger partial charge in [-0.2, -0.15) is 13.2 Å². The first kappa shape index (κ1) is 14.2. The minimum atomic E-state index is -4.40. The van der Waals surface area contributed by atoms with Crippen molar-refractivity contribution in [2.24, 2.45) is 0 Å². The Kier molecular flexibility index (Phi) is 3.83. The summed E-state index contributed by atoms with van der Waals surface area (Å²) in [4.78, 5) is 0. The highest BCUT2D eigenvalue weighted by molar-refractivity contribution is 5.30. The van der Waals surface area contributed by atoms with E-state index in [0.717, 1.165) is 18.2 Å². The third kappa shape index (κ3) is 3.40. The van der Waals surface area contributed by atoms with Gasteiger partial charge < -0.3 is 9.84 Å². The molecule has 0 saturated carbocycles. The van der Waals surface area contributed by atoms with Crippen LogP contribution in [0, 0.1) is 5.82 Å². The van der Waals surface area contributed by atoms with Gasteiger partial charge in [0.2, 0.25) is 0 Å². The fourth-order valence-electron chi connectivity index (χ4n) is 1.55. The fourth-order valence-corrected chi connectivity index (χ4v) is 1.55. The van der Waals surface area contributed by atoms with Crippen LogP contribution in [0.1, 0.15) is 11.1 Å². The van der Waals surface area contributed by atoms with Gasteiger partial charge in [-0.15, -0.1) is 0 Å². The highest BCUT2D eigenvalue weighted by Gasteiger charge is 2.29. The average Bonchev–Trinajstić information content (AvgIpc) is 2.37. The normalized spacial score (nSPS) is 11.4. The summed E-state index contributed by atoms with van der Waals surface area (Å²) in [6.45, 7) is -0.141. The van der Waals surface area contributed by atoms with Gasteiger partial charge in [0.15, 0.2) is 0 Å². The SMILES string of the molecule is Oc1ccc(COc2ccc(C(F)(F)F)cc2)c(F)c1. The zero-order valence-electron chi connectivity index (χ0n) is 10.1. The number of halogens is 4. The van der Waals surface area contributed by atoms with Gasteiger partial charge >= 0.3 is 6.18 Å². The van der Waals surface area contributed by atoms with Crippen molar-refractivity contribution >= 4 is 0 Å². The van der Waals surface area contributed by atoms with Crippen molar-refractivity contribution in [3.05, 3.63) is 59.4 Å². The summed E-state index contributed by atoms with van der Waals surface area (Å²) in [6.07, 6.45) is -4.40. The maximum atomic E-state index is 13.4. The highest BCUT2D eigenvalue weighted by Crippen LogP contribution is 2.30. The second kappa shape index (κ2) is 5.40. The summed E-state index contributed by atoms with van der Waals surface area (Å²) < 4.78 is 55.6. The standard InChI is InChI=1S/C14H10F4O2/c15-13-7-11(19)4-1-9(13)8-20-12-5-2-10(3-6-12)14(16,17)18/h1-7,19H,8H2. The number of phenolic OH excluding ortho intramolecular Hbond substituents is 1. The summed E-state index contributed by atoms with van der Waals surface area (Å²) in [5.74, 6) is -0.650. The number of alkyl halides is 3. The molecule has 2 aromatic rings. The number of aromatic hydroxyl groups is 1. The maximum absolute atomic E-state index is 13.4. The van der Waals surface area contributed by atoms with Gasteiger partial charge in [-0.3, -0.25) is 0 Å². The van der Waals surface area contributed by atoms with Crippen molar-refractivity contribution in [2.75, 3.05) is 0 Å². The van der Waals surface area contributed by atoms with Gasteiger partial charge in [0.1, 0.15) is 23.9 Å². The Morgan fingerprint density at radius 2 is 1.65 bits per heavy atom. The van der Waals surface area contributed by atoms with Crippen LogP contribution in [0.25, 0.3) is 0 Å². The van der Waals surface area contributed by atoms with Gasteiger partial charge in [-0.1, -0.05) is 0 Å². The quantitative estimate of drug-likeness (QED) is 0.860. The van der Waals surface area contributed by atoms with Crippen molar-refractivity contribution in [1.82, 2.24) is 0 Å². The van der Waals surface area contributed by atoms with E-state index in [0.29, 0.717) is 0 Å². The van der Waals surface area contributed by atoms with E-state index in [2.05, 4.69) is 0 Å². The molecule has 0 fully saturated rings. The Morgan fingerprint density at radius 1 is 1.00 bits per heavy atom. The molecule has 0 heterocycles. The zero-order valence-corrected chi connectivity index (χ0v) is 10.1. The van der Waals surface area contributed by atoms with Crippen molar-refractivity contribution in [3.8, 4) is 11.5 Å². The summed E-state index contributed by atoms with van der Waals surface area (Å²) >= 11 is 0. The molecule has 0 amide bonds. The average molecular weight is 286 g/mol. The predicted octanol–water partition coefficient (Wildman–Crippen LogP) is 4.13. The molecule has 0 spiro atoms. The number of hydrogen-bond acceptors (Lipinski definition) is 2. The molecule has 0 aliphatic carbocycles. The largest absolute Gasteiger partial charge is 0.508 e. The lowest BCUT2D eigenvalue weighted by Crippen LogP contribution is -2.04. The number of ether oxygens (including phenoxy) is 1. The van der Waals surface area contributed by atoms with Gasteiger partial charge in [-0.25, -0.2) is 4.39 Å². The molecule has 0 aromatic heterocycles. The first-order valence-electron chi connectivity index (χ1n) is 5.64. The van der Waals surface area contributed by atoms with Crippen molar-refractivity contribution < 1.29 is 27.4 Å². The molecular weight excluding hydrogens is 276 g/mol. The third-order valence-electron chi connectivity index (χ3n) is 2.61. The van der Waals surface area contributed by atoms with E-state index in [1.807, 2.05) is 0 Å². The first-order valence-corrected chi connectivity index (χ1v) is 5.64. The fraction of sp³-hybridized carbons (Fsp3) is 0.143. The van der Waals surface area contributed by atoms with Crippen LogP contribution in [0.15, 0.2) is 42.5 Å². The molecule has 0 atom stereocenters. The van der Waals surface area contributed by atoms with Gasteiger partial charge in [-0.05, 0) is 36.4 Å². The molecule has 2 aromatic carbocycles. The molecular formula is C14H10F4O2. The Balaban J connectivity index is 2.04. The molecule has 1 N–H and O–H groups in total. The van der Waals surface area contributed by atoms with Crippen molar-refractivity contribution in [2.45, 2.75) is 12.8 Å². The molecule has 0 aliphatic rings. The lowest BCUT2D eigenvalue weighted by molar-refractivity contribution is -0.137. The summed E-state index contributed by atoms with van der Waals surface area (Å²) in [7, 11) is 0. The molecule has 20 heavy (non-hydrogen) atoms. The first-order chi connectivity index (χ1) is 9.36. The number of hydrogen-bond donors (Lipinski definition) is 1. The Bertz CT molecular complexity index is 591. The van der Waals surface area contributed by atoms with E-state index in [1.54, 1.807) is 0 Å². The number of benzene rings is 2. The summed E-state index contributed by atoms with van der Waals surface area (Å²) in [5.41, 5.74) is -0.580. The summed E-state index contributed by atoms with van der Waals surface area (Å²) in [5, 5.41) is 9.04. The predicted molar refractivity (Wildman–Crippen MR) is 63.8 cm³/mol. The number of rotatable bonds is 3. The summed E-state index contributed by atoms with van der Waals surface area (Å²) in [6, 6.07) is 7.70. The van der Waals surface area contributed by atoms with Crippen LogP contribution in [0.3, 0.4) is 0 Å². The minimum Gasteiger partial charge on any atom is -0.508 e. The van der Waals surface area contributed by atoms with Crippen LogP contribution in [0.4, 0.5) is 17.6 Å². The Morgan fingerprint density at radius 3 is 2.20 bits per heavy atom. The molecule has 2 rings (SSSR count). The molecule has 106 valence electrons. The molecule has 0 bridgehead atoms. The second-order valence-corrected chi connectivity index (χ2v) is 4.09. The zero-order chi connectivity index (χ0) is 14.8. The molecule has 0 radical (unpaired) electrons. The molecule has 0 aliphatic heterocycles. The van der Waals surface area contributed by atoms with Crippen molar-refractivity contribution in [1.29, 1.82) is 0 Å². The molecule has 6 heteroatoms. The van der Waals surface area contributed by atoms with Crippen LogP contribution in [0.2, 0.25) is 0 Å². The lowest BCUT2D eigenvalue weighted by Gasteiger charge is -2.09. The van der Waals surface area contributed by atoms with E-state index >= 15 is 0 Å². The van der Waals surface area contributed by atoms with Crippen LogP contribution in [0.5, 0.6) is 11.5 Å². The Hall–Kier alpha value is -2.24. The van der Waals surface area contributed by atoms with E-state index in [-0.39, 0.29) is 23.7 Å². The van der Waals surface area contributed by atoms with Gasteiger partial charge in [0, 0.05) is 11.6 Å². The van der Waals surface area contributed by atoms with E-state index in [4.69, 9.17) is 9.84 Å². The number of phenols is 1. The lowest BCUT2D eigenvalue weighted by atomic mass is 10.2. The molecule has 0 unspecified atom stereocenters. The van der Waals surface area contributed by atoms with E-state index in [1.165, 1.54) is 24.3 Å². The van der Waals surface area contributed by atoms with Gasteiger partial charge in [0.25, 0.3) is 0 Å². The van der Waals surface area contributed by atoms with E-state index < -0.39 is 17.6 Å². The smallest absolute Gasteiger partial charge is 0.416 e. The Labute approximate surface area is 112 Å². The van der Waals surface area contributed by atoms with Crippen LogP contribution in [-0.2, 0) is 12.8 Å². The van der Waals surface area contributed by atoms with Crippen molar-refractivity contribution in [3.63, 3.8) is 0 Å².